The van der Waals surface area contributed by atoms with Crippen molar-refractivity contribution in [3.8, 4) is 0 Å². The van der Waals surface area contributed by atoms with E-state index in [0.717, 1.165) is 0 Å². The third-order valence-electron chi connectivity index (χ3n) is 0.891. The molecule has 0 amide bonds. The van der Waals surface area contributed by atoms with Crippen LogP contribution < -0.4 is 5.73 Å². The van der Waals surface area contributed by atoms with Gasteiger partial charge >= 0.3 is 0 Å². The van der Waals surface area contributed by atoms with E-state index in [2.05, 4.69) is 4.74 Å². The number of methoxy groups -OCH3 is 1. The lowest BCUT2D eigenvalue weighted by atomic mass is 10.3. The Morgan fingerprint density at radius 2 is 2.22 bits per heavy atom. The molecule has 0 saturated carbocycles. The minimum absolute atomic E-state index is 0. The number of hydrogen-bond acceptors (Lipinski definition) is 2. The zero-order valence-corrected chi connectivity index (χ0v) is 6.29. The third kappa shape index (κ3) is 8.14. The van der Waals surface area contributed by atoms with Crippen molar-refractivity contribution in [2.24, 2.45) is 5.73 Å². The fourth-order valence-corrected chi connectivity index (χ4v) is 0.364. The second-order valence-corrected chi connectivity index (χ2v) is 1.61. The van der Waals surface area contributed by atoms with Crippen molar-refractivity contribution in [1.82, 2.24) is 0 Å². The van der Waals surface area contributed by atoms with Crippen LogP contribution in [0.2, 0.25) is 0 Å². The summed E-state index contributed by atoms with van der Waals surface area (Å²) in [5.74, 6) is 0. The average Bonchev–Trinajstić information content (AvgIpc) is 1.83. The maximum Gasteiger partial charge on any atom is 0.114 e. The van der Waals surface area contributed by atoms with E-state index in [-0.39, 0.29) is 19.0 Å². The Bertz CT molecular complexity index is 56.2. The summed E-state index contributed by atoms with van der Waals surface area (Å²) in [4.78, 5) is 0. The SMILES string of the molecule is COCCC(F)CN.Cl. The molecule has 0 spiro atoms. The van der Waals surface area contributed by atoms with Gasteiger partial charge in [-0.3, -0.25) is 0 Å². The molecule has 1 unspecified atom stereocenters. The maximum absolute atomic E-state index is 12.1. The quantitative estimate of drug-likeness (QED) is 0.654. The molecule has 0 aromatic heterocycles. The minimum Gasteiger partial charge on any atom is -0.385 e. The van der Waals surface area contributed by atoms with Crippen LogP contribution in [0.25, 0.3) is 0 Å². The third-order valence-corrected chi connectivity index (χ3v) is 0.891. The topological polar surface area (TPSA) is 35.2 Å². The summed E-state index contributed by atoms with van der Waals surface area (Å²) in [6.45, 7) is 0.557. The summed E-state index contributed by atoms with van der Waals surface area (Å²) in [7, 11) is 1.54. The van der Waals surface area contributed by atoms with Crippen LogP contribution >= 0.6 is 12.4 Å². The molecular formula is C5H13ClFNO. The van der Waals surface area contributed by atoms with E-state index in [1.54, 1.807) is 7.11 Å². The molecule has 0 aliphatic rings. The van der Waals surface area contributed by atoms with Gasteiger partial charge in [-0.15, -0.1) is 12.4 Å². The summed E-state index contributed by atoms with van der Waals surface area (Å²) < 4.78 is 16.7. The molecule has 0 fully saturated rings. The van der Waals surface area contributed by atoms with Crippen LogP contribution in [0.4, 0.5) is 4.39 Å². The number of alkyl halides is 1. The van der Waals surface area contributed by atoms with E-state index in [9.17, 15) is 4.39 Å². The number of hydrogen-bond donors (Lipinski definition) is 1. The molecule has 0 aliphatic heterocycles. The number of halogens is 2. The molecule has 0 rings (SSSR count). The van der Waals surface area contributed by atoms with E-state index in [1.807, 2.05) is 0 Å². The van der Waals surface area contributed by atoms with Crippen LogP contribution in [0, 0.1) is 0 Å². The van der Waals surface area contributed by atoms with Gasteiger partial charge in [0.25, 0.3) is 0 Å². The maximum atomic E-state index is 12.1. The predicted molar refractivity (Wildman–Crippen MR) is 37.7 cm³/mol. The first-order valence-electron chi connectivity index (χ1n) is 2.64. The highest BCUT2D eigenvalue weighted by Gasteiger charge is 2.00. The van der Waals surface area contributed by atoms with Gasteiger partial charge in [0.05, 0.1) is 0 Å². The van der Waals surface area contributed by atoms with E-state index < -0.39 is 6.17 Å². The highest BCUT2D eigenvalue weighted by atomic mass is 35.5. The van der Waals surface area contributed by atoms with Crippen LogP contribution in [0.5, 0.6) is 0 Å². The Morgan fingerprint density at radius 1 is 1.67 bits per heavy atom. The van der Waals surface area contributed by atoms with Gasteiger partial charge in [0.15, 0.2) is 0 Å². The van der Waals surface area contributed by atoms with Gasteiger partial charge in [0.1, 0.15) is 6.17 Å². The largest absolute Gasteiger partial charge is 0.385 e. The molecule has 0 aromatic carbocycles. The van der Waals surface area contributed by atoms with E-state index in [0.29, 0.717) is 13.0 Å². The molecule has 9 heavy (non-hydrogen) atoms. The lowest BCUT2D eigenvalue weighted by molar-refractivity contribution is 0.163. The normalized spacial score (nSPS) is 12.3. The van der Waals surface area contributed by atoms with Crippen LogP contribution in [-0.4, -0.2) is 26.4 Å². The zero-order chi connectivity index (χ0) is 6.41. The molecule has 2 N–H and O–H groups in total. The van der Waals surface area contributed by atoms with Crippen molar-refractivity contribution in [3.63, 3.8) is 0 Å². The molecule has 0 bridgehead atoms. The summed E-state index contributed by atoms with van der Waals surface area (Å²) in [6.07, 6.45) is -0.484. The predicted octanol–water partition coefficient (Wildman–Crippen LogP) is 0.742. The molecule has 2 nitrogen and oxygen atoms in total. The Hall–Kier alpha value is 0.140. The van der Waals surface area contributed by atoms with Gasteiger partial charge in [-0.25, -0.2) is 4.39 Å². The second kappa shape index (κ2) is 8.14. The van der Waals surface area contributed by atoms with Crippen LogP contribution in [0.1, 0.15) is 6.42 Å². The van der Waals surface area contributed by atoms with Crippen molar-refractivity contribution < 1.29 is 9.13 Å². The van der Waals surface area contributed by atoms with Gasteiger partial charge in [0, 0.05) is 26.7 Å². The summed E-state index contributed by atoms with van der Waals surface area (Å²) in [5.41, 5.74) is 4.98. The molecule has 1 atom stereocenters. The summed E-state index contributed by atoms with van der Waals surface area (Å²) in [5, 5.41) is 0. The fraction of sp³-hybridized carbons (Fsp3) is 1.00. The molecule has 0 aromatic rings. The fourth-order valence-electron chi connectivity index (χ4n) is 0.364. The molecular weight excluding hydrogens is 145 g/mol. The Labute approximate surface area is 61.0 Å². The Kier molecular flexibility index (Phi) is 10.7. The average molecular weight is 158 g/mol. The zero-order valence-electron chi connectivity index (χ0n) is 5.47. The van der Waals surface area contributed by atoms with Gasteiger partial charge in [0.2, 0.25) is 0 Å². The first kappa shape index (κ1) is 11.9. The molecule has 0 radical (unpaired) electrons. The van der Waals surface area contributed by atoms with Crippen LogP contribution in [0.15, 0.2) is 0 Å². The number of ether oxygens (including phenoxy) is 1. The monoisotopic (exact) mass is 157 g/mol. The molecule has 0 saturated heterocycles. The van der Waals surface area contributed by atoms with Crippen molar-refractivity contribution in [2.45, 2.75) is 12.6 Å². The number of rotatable bonds is 4. The van der Waals surface area contributed by atoms with E-state index >= 15 is 0 Å². The second-order valence-electron chi connectivity index (χ2n) is 1.61. The summed E-state index contributed by atoms with van der Waals surface area (Å²) >= 11 is 0. The van der Waals surface area contributed by atoms with Gasteiger partial charge in [-0.1, -0.05) is 0 Å². The van der Waals surface area contributed by atoms with Crippen LogP contribution in [0.3, 0.4) is 0 Å². The first-order chi connectivity index (χ1) is 3.81. The van der Waals surface area contributed by atoms with Crippen molar-refractivity contribution in [3.05, 3.63) is 0 Å². The standard InChI is InChI=1S/C5H12FNO.ClH/c1-8-3-2-5(6)4-7;/h5H,2-4,7H2,1H3;1H. The van der Waals surface area contributed by atoms with Gasteiger partial charge < -0.3 is 10.5 Å². The minimum atomic E-state index is -0.894. The highest BCUT2D eigenvalue weighted by molar-refractivity contribution is 5.85. The Morgan fingerprint density at radius 3 is 2.56 bits per heavy atom. The van der Waals surface area contributed by atoms with Crippen molar-refractivity contribution >= 4 is 12.4 Å². The molecule has 0 aliphatic carbocycles. The van der Waals surface area contributed by atoms with Gasteiger partial charge in [-0.05, 0) is 0 Å². The molecule has 58 valence electrons. The first-order valence-corrected chi connectivity index (χ1v) is 2.64. The lowest BCUT2D eigenvalue weighted by Gasteiger charge is -2.01. The lowest BCUT2D eigenvalue weighted by Crippen LogP contribution is -2.16. The van der Waals surface area contributed by atoms with E-state index in [1.165, 1.54) is 0 Å². The van der Waals surface area contributed by atoms with E-state index in [4.69, 9.17) is 5.73 Å². The van der Waals surface area contributed by atoms with Crippen molar-refractivity contribution in [1.29, 1.82) is 0 Å². The van der Waals surface area contributed by atoms with Gasteiger partial charge in [-0.2, -0.15) is 0 Å². The molecule has 4 heteroatoms. The smallest absolute Gasteiger partial charge is 0.114 e. The van der Waals surface area contributed by atoms with Crippen LogP contribution in [-0.2, 0) is 4.74 Å². The Balaban J connectivity index is 0. The molecule has 0 heterocycles. The van der Waals surface area contributed by atoms with Crippen molar-refractivity contribution in [2.75, 3.05) is 20.3 Å². The summed E-state index contributed by atoms with van der Waals surface area (Å²) in [6, 6.07) is 0. The number of nitrogens with two attached hydrogens (primary N) is 1. The highest BCUT2D eigenvalue weighted by Crippen LogP contribution is 1.93.